The first-order valence-electron chi connectivity index (χ1n) is 9.45. The van der Waals surface area contributed by atoms with E-state index in [1.807, 2.05) is 4.90 Å². The maximum Gasteiger partial charge on any atom is 0.259 e. The average molecular weight is 384 g/mol. The average Bonchev–Trinajstić information content (AvgIpc) is 2.79. The highest BCUT2D eigenvalue weighted by Gasteiger charge is 2.25. The highest BCUT2D eigenvalue weighted by atomic mass is 16.5. The van der Waals surface area contributed by atoms with Crippen LogP contribution >= 0.6 is 0 Å². The van der Waals surface area contributed by atoms with E-state index in [0.29, 0.717) is 37.6 Å². The number of hydrogen-bond acceptors (Lipinski definition) is 8. The lowest BCUT2D eigenvalue weighted by molar-refractivity contribution is 0.0742. The smallest absolute Gasteiger partial charge is 0.259 e. The molecule has 0 aliphatic carbocycles. The molecule has 0 radical (unpaired) electrons. The van der Waals surface area contributed by atoms with Crippen LogP contribution in [0.25, 0.3) is 0 Å². The van der Waals surface area contributed by atoms with Gasteiger partial charge >= 0.3 is 0 Å². The summed E-state index contributed by atoms with van der Waals surface area (Å²) >= 11 is 0. The van der Waals surface area contributed by atoms with Gasteiger partial charge in [0, 0.05) is 51.5 Å². The molecule has 2 aliphatic heterocycles. The minimum absolute atomic E-state index is 0.0576. The molecule has 2 aromatic heterocycles. The highest BCUT2D eigenvalue weighted by Crippen LogP contribution is 2.22. The fourth-order valence-electron chi connectivity index (χ4n) is 3.52. The van der Waals surface area contributed by atoms with Crippen LogP contribution in [0.15, 0.2) is 30.6 Å². The summed E-state index contributed by atoms with van der Waals surface area (Å²) in [5.74, 6) is 1.15. The zero-order chi connectivity index (χ0) is 19.3. The van der Waals surface area contributed by atoms with E-state index >= 15 is 0 Å². The van der Waals surface area contributed by atoms with Crippen LogP contribution in [0.4, 0.5) is 11.5 Å². The number of piperazine rings is 1. The van der Waals surface area contributed by atoms with Gasteiger partial charge in [-0.1, -0.05) is 0 Å². The monoisotopic (exact) mass is 384 g/mol. The lowest BCUT2D eigenvalue weighted by Crippen LogP contribution is -2.49. The van der Waals surface area contributed by atoms with Crippen molar-refractivity contribution in [3.05, 3.63) is 36.2 Å². The lowest BCUT2D eigenvalue weighted by Gasteiger charge is -2.36. The molecular weight excluding hydrogens is 360 g/mol. The zero-order valence-corrected chi connectivity index (χ0v) is 16.0. The Kier molecular flexibility index (Phi) is 5.52. The third kappa shape index (κ3) is 3.84. The third-order valence-corrected chi connectivity index (χ3v) is 5.09. The fraction of sp³-hybridized carbons (Fsp3) is 0.474. The number of amides is 1. The molecule has 28 heavy (non-hydrogen) atoms. The van der Waals surface area contributed by atoms with Crippen LogP contribution in [0.5, 0.6) is 5.88 Å². The van der Waals surface area contributed by atoms with Crippen LogP contribution in [0, 0.1) is 0 Å². The Morgan fingerprint density at radius 3 is 2.64 bits per heavy atom. The predicted molar refractivity (Wildman–Crippen MR) is 104 cm³/mol. The Bertz CT molecular complexity index is 819. The molecule has 1 amide bonds. The zero-order valence-electron chi connectivity index (χ0n) is 16.0. The van der Waals surface area contributed by atoms with Crippen LogP contribution in [0.2, 0.25) is 0 Å². The number of hydrogen-bond donors (Lipinski definition) is 0. The Morgan fingerprint density at radius 2 is 1.89 bits per heavy atom. The first-order chi connectivity index (χ1) is 13.8. The van der Waals surface area contributed by atoms with Gasteiger partial charge in [-0.05, 0) is 12.1 Å². The largest absolute Gasteiger partial charge is 0.480 e. The topological polar surface area (TPSA) is 83.9 Å². The standard InChI is InChI=1S/C19H24N6O3/c1-27-18-16(3-2-4-20-18)19(26)25-7-5-24(6-8-25)17-13-15(14-21-22-17)23-9-11-28-12-10-23/h2-4,13-14H,5-12H2,1H3. The normalized spacial score (nSPS) is 17.5. The number of anilines is 2. The van der Waals surface area contributed by atoms with E-state index in [2.05, 4.69) is 31.0 Å². The molecule has 0 N–H and O–H groups in total. The van der Waals surface area contributed by atoms with E-state index in [9.17, 15) is 4.79 Å². The maximum atomic E-state index is 12.8. The van der Waals surface area contributed by atoms with E-state index in [4.69, 9.17) is 9.47 Å². The molecule has 0 bridgehead atoms. The molecule has 0 atom stereocenters. The molecule has 148 valence electrons. The van der Waals surface area contributed by atoms with Crippen molar-refractivity contribution in [2.45, 2.75) is 0 Å². The van der Waals surface area contributed by atoms with Crippen molar-refractivity contribution in [2.75, 3.05) is 69.4 Å². The second kappa shape index (κ2) is 8.39. The fourth-order valence-corrected chi connectivity index (χ4v) is 3.52. The van der Waals surface area contributed by atoms with Gasteiger partial charge in [0.2, 0.25) is 5.88 Å². The maximum absolute atomic E-state index is 12.8. The number of carbonyl (C=O) groups is 1. The van der Waals surface area contributed by atoms with Crippen LogP contribution in [-0.4, -0.2) is 85.6 Å². The minimum atomic E-state index is -0.0576. The number of carbonyl (C=O) groups excluding carboxylic acids is 1. The van der Waals surface area contributed by atoms with E-state index in [-0.39, 0.29) is 5.91 Å². The van der Waals surface area contributed by atoms with E-state index < -0.39 is 0 Å². The van der Waals surface area contributed by atoms with Gasteiger partial charge in [-0.15, -0.1) is 5.10 Å². The van der Waals surface area contributed by atoms with Crippen molar-refractivity contribution >= 4 is 17.4 Å². The first kappa shape index (κ1) is 18.4. The quantitative estimate of drug-likeness (QED) is 0.761. The number of methoxy groups -OCH3 is 1. The summed E-state index contributed by atoms with van der Waals surface area (Å²) in [6.45, 7) is 5.82. The Hall–Kier alpha value is -2.94. The molecular formula is C19H24N6O3. The van der Waals surface area contributed by atoms with Gasteiger partial charge in [0.15, 0.2) is 5.82 Å². The van der Waals surface area contributed by atoms with Gasteiger partial charge in [-0.2, -0.15) is 5.10 Å². The van der Waals surface area contributed by atoms with Gasteiger partial charge in [-0.25, -0.2) is 4.98 Å². The summed E-state index contributed by atoms with van der Waals surface area (Å²) in [6, 6.07) is 5.57. The number of pyridine rings is 1. The Labute approximate surface area is 163 Å². The van der Waals surface area contributed by atoms with Gasteiger partial charge in [0.1, 0.15) is 5.56 Å². The lowest BCUT2D eigenvalue weighted by atomic mass is 10.2. The Balaban J connectivity index is 1.41. The summed E-state index contributed by atoms with van der Waals surface area (Å²) in [7, 11) is 1.52. The molecule has 2 aliphatic rings. The number of aromatic nitrogens is 3. The number of nitrogens with zero attached hydrogens (tertiary/aromatic N) is 6. The van der Waals surface area contributed by atoms with Crippen molar-refractivity contribution in [1.82, 2.24) is 20.1 Å². The summed E-state index contributed by atoms with van der Waals surface area (Å²) < 4.78 is 10.6. The number of ether oxygens (including phenoxy) is 2. The van der Waals surface area contributed by atoms with Gasteiger partial charge in [-0.3, -0.25) is 4.79 Å². The highest BCUT2D eigenvalue weighted by molar-refractivity contribution is 5.96. The van der Waals surface area contributed by atoms with Gasteiger partial charge in [0.25, 0.3) is 5.91 Å². The predicted octanol–water partition coefficient (Wildman–Crippen LogP) is 0.679. The molecule has 0 spiro atoms. The molecule has 4 heterocycles. The van der Waals surface area contributed by atoms with Crippen LogP contribution in [0.3, 0.4) is 0 Å². The molecule has 0 aromatic carbocycles. The van der Waals surface area contributed by atoms with Gasteiger partial charge < -0.3 is 24.2 Å². The van der Waals surface area contributed by atoms with Crippen LogP contribution in [0.1, 0.15) is 10.4 Å². The molecule has 0 saturated carbocycles. The first-order valence-corrected chi connectivity index (χ1v) is 9.45. The van der Waals surface area contributed by atoms with Crippen molar-refractivity contribution in [1.29, 1.82) is 0 Å². The van der Waals surface area contributed by atoms with Crippen LogP contribution in [-0.2, 0) is 4.74 Å². The van der Waals surface area contributed by atoms with Crippen molar-refractivity contribution in [3.63, 3.8) is 0 Å². The van der Waals surface area contributed by atoms with Crippen molar-refractivity contribution < 1.29 is 14.3 Å². The molecule has 9 nitrogen and oxygen atoms in total. The summed E-state index contributed by atoms with van der Waals surface area (Å²) in [5, 5.41) is 8.48. The van der Waals surface area contributed by atoms with E-state index in [0.717, 1.165) is 37.8 Å². The summed E-state index contributed by atoms with van der Waals surface area (Å²) in [6.07, 6.45) is 3.41. The molecule has 4 rings (SSSR count). The minimum Gasteiger partial charge on any atom is -0.480 e. The van der Waals surface area contributed by atoms with Crippen molar-refractivity contribution in [3.8, 4) is 5.88 Å². The van der Waals surface area contributed by atoms with E-state index in [1.165, 1.54) is 7.11 Å². The number of morpholine rings is 1. The summed E-state index contributed by atoms with van der Waals surface area (Å²) in [4.78, 5) is 23.2. The number of rotatable bonds is 4. The SMILES string of the molecule is COc1ncccc1C(=O)N1CCN(c2cc(N3CCOCC3)cnn2)CC1. The van der Waals surface area contributed by atoms with Gasteiger partial charge in [0.05, 0.1) is 32.2 Å². The molecule has 0 unspecified atom stereocenters. The second-order valence-electron chi connectivity index (χ2n) is 6.71. The summed E-state index contributed by atoms with van der Waals surface area (Å²) in [5.41, 5.74) is 1.56. The molecule has 2 aromatic rings. The van der Waals surface area contributed by atoms with Crippen LogP contribution < -0.4 is 14.5 Å². The molecule has 9 heteroatoms. The van der Waals surface area contributed by atoms with Crippen molar-refractivity contribution in [2.24, 2.45) is 0 Å². The Morgan fingerprint density at radius 1 is 1.11 bits per heavy atom. The third-order valence-electron chi connectivity index (χ3n) is 5.09. The van der Waals surface area contributed by atoms with E-state index in [1.54, 1.807) is 24.5 Å². The molecule has 2 fully saturated rings. The molecule has 2 saturated heterocycles. The second-order valence-corrected chi connectivity index (χ2v) is 6.71.